The molecule has 0 saturated carbocycles. The van der Waals surface area contributed by atoms with Gasteiger partial charge in [-0.15, -0.1) is 0 Å². The molecule has 1 unspecified atom stereocenters. The van der Waals surface area contributed by atoms with Crippen LogP contribution in [0.1, 0.15) is 42.2 Å². The molecule has 0 bridgehead atoms. The fourth-order valence-electron chi connectivity index (χ4n) is 2.03. The molecule has 96 valence electrons. The van der Waals surface area contributed by atoms with E-state index in [1.807, 2.05) is 0 Å². The van der Waals surface area contributed by atoms with Crippen molar-refractivity contribution in [2.75, 3.05) is 0 Å². The Kier molecular flexibility index (Phi) is 4.53. The number of aryl methyl sites for hydroxylation is 2. The van der Waals surface area contributed by atoms with E-state index >= 15 is 0 Å². The summed E-state index contributed by atoms with van der Waals surface area (Å²) in [5.74, 6) is 0. The molecular formula is C15H20N2O. The molecule has 1 heterocycles. The van der Waals surface area contributed by atoms with Gasteiger partial charge in [0.25, 0.3) is 0 Å². The number of aliphatic hydroxyl groups excluding tert-OH is 1. The number of benzene rings is 1. The van der Waals surface area contributed by atoms with Crippen molar-refractivity contribution in [1.82, 2.24) is 9.97 Å². The molecule has 0 aliphatic heterocycles. The van der Waals surface area contributed by atoms with Gasteiger partial charge in [-0.05, 0) is 31.7 Å². The molecule has 3 heteroatoms. The number of hydrogen-bond donors (Lipinski definition) is 2. The van der Waals surface area contributed by atoms with Crippen molar-refractivity contribution in [3.63, 3.8) is 0 Å². The molecule has 0 spiro atoms. The number of nitrogens with one attached hydrogen (secondary N) is 1. The maximum Gasteiger partial charge on any atom is 0.0953 e. The molecule has 1 atom stereocenters. The Morgan fingerprint density at radius 2 is 2.00 bits per heavy atom. The van der Waals surface area contributed by atoms with Gasteiger partial charge in [0.15, 0.2) is 0 Å². The zero-order chi connectivity index (χ0) is 12.8. The van der Waals surface area contributed by atoms with Crippen LogP contribution in [0.15, 0.2) is 36.8 Å². The SMILES string of the molecule is Cc1ccc(CCCCC(O)c2cnc[nH]2)cc1. The number of aromatic nitrogens is 2. The van der Waals surface area contributed by atoms with Gasteiger partial charge in [0.2, 0.25) is 0 Å². The smallest absolute Gasteiger partial charge is 0.0953 e. The van der Waals surface area contributed by atoms with Crippen LogP contribution in [0.5, 0.6) is 0 Å². The lowest BCUT2D eigenvalue weighted by atomic mass is 10.0. The monoisotopic (exact) mass is 244 g/mol. The largest absolute Gasteiger partial charge is 0.387 e. The second-order valence-corrected chi connectivity index (χ2v) is 4.75. The van der Waals surface area contributed by atoms with E-state index in [-0.39, 0.29) is 0 Å². The predicted molar refractivity (Wildman–Crippen MR) is 72.3 cm³/mol. The summed E-state index contributed by atoms with van der Waals surface area (Å²) in [4.78, 5) is 6.85. The maximum absolute atomic E-state index is 9.87. The van der Waals surface area contributed by atoms with Crippen molar-refractivity contribution < 1.29 is 5.11 Å². The highest BCUT2D eigenvalue weighted by Crippen LogP contribution is 2.17. The molecule has 0 amide bonds. The molecule has 0 aliphatic rings. The number of hydrogen-bond acceptors (Lipinski definition) is 2. The Balaban J connectivity index is 1.68. The molecule has 18 heavy (non-hydrogen) atoms. The summed E-state index contributed by atoms with van der Waals surface area (Å²) in [6, 6.07) is 8.66. The average Bonchev–Trinajstić information content (AvgIpc) is 2.90. The highest BCUT2D eigenvalue weighted by molar-refractivity contribution is 5.21. The van der Waals surface area contributed by atoms with Crippen molar-refractivity contribution in [3.05, 3.63) is 53.6 Å². The number of aromatic amines is 1. The Morgan fingerprint density at radius 1 is 1.22 bits per heavy atom. The zero-order valence-electron chi connectivity index (χ0n) is 10.8. The van der Waals surface area contributed by atoms with Gasteiger partial charge in [-0.3, -0.25) is 0 Å². The van der Waals surface area contributed by atoms with Gasteiger partial charge in [0, 0.05) is 0 Å². The first-order valence-electron chi connectivity index (χ1n) is 6.47. The molecule has 0 aliphatic carbocycles. The van der Waals surface area contributed by atoms with Crippen LogP contribution >= 0.6 is 0 Å². The molecule has 3 nitrogen and oxygen atoms in total. The summed E-state index contributed by atoms with van der Waals surface area (Å²) >= 11 is 0. The molecule has 2 N–H and O–H groups in total. The van der Waals surface area contributed by atoms with Crippen LogP contribution in [-0.4, -0.2) is 15.1 Å². The number of aliphatic hydroxyl groups is 1. The normalized spacial score (nSPS) is 12.6. The Hall–Kier alpha value is -1.61. The van der Waals surface area contributed by atoms with Crippen LogP contribution in [0, 0.1) is 6.92 Å². The highest BCUT2D eigenvalue weighted by Gasteiger charge is 2.07. The molecule has 0 fully saturated rings. The van der Waals surface area contributed by atoms with E-state index in [4.69, 9.17) is 0 Å². The minimum absolute atomic E-state index is 0.412. The lowest BCUT2D eigenvalue weighted by Crippen LogP contribution is -1.98. The van der Waals surface area contributed by atoms with Crippen LogP contribution in [-0.2, 0) is 6.42 Å². The number of unbranched alkanes of at least 4 members (excludes halogenated alkanes) is 1. The van der Waals surface area contributed by atoms with Crippen molar-refractivity contribution in [2.45, 2.75) is 38.7 Å². The first-order chi connectivity index (χ1) is 8.75. The van der Waals surface area contributed by atoms with E-state index in [0.717, 1.165) is 31.4 Å². The summed E-state index contributed by atoms with van der Waals surface area (Å²) in [6.45, 7) is 2.10. The Morgan fingerprint density at radius 3 is 2.67 bits per heavy atom. The van der Waals surface area contributed by atoms with Crippen molar-refractivity contribution in [1.29, 1.82) is 0 Å². The molecule has 2 aromatic rings. The second kappa shape index (κ2) is 6.36. The van der Waals surface area contributed by atoms with E-state index in [1.54, 1.807) is 12.5 Å². The van der Waals surface area contributed by atoms with Gasteiger partial charge in [0.05, 0.1) is 24.3 Å². The third-order valence-electron chi connectivity index (χ3n) is 3.19. The molecule has 1 aromatic carbocycles. The molecule has 2 rings (SSSR count). The first-order valence-corrected chi connectivity index (χ1v) is 6.47. The third-order valence-corrected chi connectivity index (χ3v) is 3.19. The standard InChI is InChI=1S/C15H20N2O/c1-12-6-8-13(9-7-12)4-2-3-5-15(18)14-10-16-11-17-14/h6-11,15,18H,2-5H2,1H3,(H,16,17). The van der Waals surface area contributed by atoms with E-state index < -0.39 is 6.10 Å². The quantitative estimate of drug-likeness (QED) is 0.767. The first kappa shape index (κ1) is 12.8. The Bertz CT molecular complexity index is 448. The lowest BCUT2D eigenvalue weighted by Gasteiger charge is -2.08. The third kappa shape index (κ3) is 3.70. The van der Waals surface area contributed by atoms with E-state index in [0.29, 0.717) is 0 Å². The minimum atomic E-state index is -0.412. The molecule has 0 saturated heterocycles. The second-order valence-electron chi connectivity index (χ2n) is 4.75. The summed E-state index contributed by atoms with van der Waals surface area (Å²) < 4.78 is 0. The van der Waals surface area contributed by atoms with Gasteiger partial charge in [-0.25, -0.2) is 4.98 Å². The molecule has 0 radical (unpaired) electrons. The summed E-state index contributed by atoms with van der Waals surface area (Å²) in [7, 11) is 0. The number of nitrogens with zero attached hydrogens (tertiary/aromatic N) is 1. The van der Waals surface area contributed by atoms with Gasteiger partial charge < -0.3 is 10.1 Å². The summed E-state index contributed by atoms with van der Waals surface area (Å²) in [5.41, 5.74) is 3.48. The van der Waals surface area contributed by atoms with Crippen LogP contribution in [0.2, 0.25) is 0 Å². The van der Waals surface area contributed by atoms with Crippen LogP contribution in [0.25, 0.3) is 0 Å². The van der Waals surface area contributed by atoms with E-state index in [1.165, 1.54) is 11.1 Å². The van der Waals surface area contributed by atoms with Crippen molar-refractivity contribution in [2.24, 2.45) is 0 Å². The van der Waals surface area contributed by atoms with Gasteiger partial charge >= 0.3 is 0 Å². The van der Waals surface area contributed by atoms with Gasteiger partial charge in [-0.2, -0.15) is 0 Å². The van der Waals surface area contributed by atoms with Crippen molar-refractivity contribution >= 4 is 0 Å². The van der Waals surface area contributed by atoms with Crippen LogP contribution in [0.3, 0.4) is 0 Å². The van der Waals surface area contributed by atoms with E-state index in [2.05, 4.69) is 41.2 Å². The lowest BCUT2D eigenvalue weighted by molar-refractivity contribution is 0.159. The number of imidazole rings is 1. The predicted octanol–water partition coefficient (Wildman–Crippen LogP) is 3.16. The maximum atomic E-state index is 9.87. The fraction of sp³-hybridized carbons (Fsp3) is 0.400. The van der Waals surface area contributed by atoms with Crippen LogP contribution in [0.4, 0.5) is 0 Å². The van der Waals surface area contributed by atoms with E-state index in [9.17, 15) is 5.11 Å². The number of rotatable bonds is 6. The summed E-state index contributed by atoms with van der Waals surface area (Å²) in [6.07, 6.45) is 6.87. The fourth-order valence-corrected chi connectivity index (χ4v) is 2.03. The average molecular weight is 244 g/mol. The van der Waals surface area contributed by atoms with Crippen molar-refractivity contribution in [3.8, 4) is 0 Å². The minimum Gasteiger partial charge on any atom is -0.387 e. The zero-order valence-corrected chi connectivity index (χ0v) is 10.8. The topological polar surface area (TPSA) is 48.9 Å². The molecule has 1 aromatic heterocycles. The Labute approximate surface area is 108 Å². The number of H-pyrrole nitrogens is 1. The molecular weight excluding hydrogens is 224 g/mol. The van der Waals surface area contributed by atoms with Gasteiger partial charge in [0.1, 0.15) is 0 Å². The van der Waals surface area contributed by atoms with Gasteiger partial charge in [-0.1, -0.05) is 36.2 Å². The van der Waals surface area contributed by atoms with Crippen LogP contribution < -0.4 is 0 Å². The highest BCUT2D eigenvalue weighted by atomic mass is 16.3. The summed E-state index contributed by atoms with van der Waals surface area (Å²) in [5, 5.41) is 9.87.